The Morgan fingerprint density at radius 3 is 1.45 bits per heavy atom. The van der Waals surface area contributed by atoms with Crippen LogP contribution in [0.5, 0.6) is 0 Å². The van der Waals surface area contributed by atoms with Crippen molar-refractivity contribution in [3.8, 4) is 12.1 Å². The van der Waals surface area contributed by atoms with Crippen molar-refractivity contribution in [1.29, 1.82) is 10.5 Å². The van der Waals surface area contributed by atoms with E-state index in [9.17, 15) is 38.8 Å². The number of aryl methyl sites for hydroxylation is 3. The molecule has 0 aliphatic carbocycles. The van der Waals surface area contributed by atoms with E-state index in [4.69, 9.17) is 40.2 Å². The van der Waals surface area contributed by atoms with E-state index in [-0.39, 0.29) is 79.6 Å². The van der Waals surface area contributed by atoms with E-state index in [2.05, 4.69) is 61.2 Å². The van der Waals surface area contributed by atoms with E-state index in [1.807, 2.05) is 34.1 Å². The largest absolute Gasteiger partial charge is 0.444 e. The van der Waals surface area contributed by atoms with Gasteiger partial charge in [-0.1, -0.05) is 25.4 Å². The van der Waals surface area contributed by atoms with Crippen molar-refractivity contribution < 1.29 is 25.3 Å². The summed E-state index contributed by atoms with van der Waals surface area (Å²) in [5.41, 5.74) is 16.9. The number of nitrogen functional groups attached to an aromatic ring is 3. The number of rotatable bonds is 3. The molecule has 6 aliphatic rings. The number of aromatic nitrogens is 7. The normalized spacial score (nSPS) is 21.2. The van der Waals surface area contributed by atoms with Crippen LogP contribution in [0.15, 0.2) is 45.2 Å². The van der Waals surface area contributed by atoms with Gasteiger partial charge in [-0.05, 0) is 156 Å². The zero-order chi connectivity index (χ0) is 63.4. The van der Waals surface area contributed by atoms with Gasteiger partial charge in [-0.25, -0.2) is 24.7 Å². The second-order valence-corrected chi connectivity index (χ2v) is 23.0. The Morgan fingerprint density at radius 2 is 1.05 bits per heavy atom. The highest BCUT2D eigenvalue weighted by Crippen LogP contribution is 2.36. The molecular formula is C56H73ClN20O8. The second-order valence-electron chi connectivity index (χ2n) is 22.6. The fourth-order valence-electron chi connectivity index (χ4n) is 11.7. The summed E-state index contributed by atoms with van der Waals surface area (Å²) >= 11 is 5.48. The third-order valence-corrected chi connectivity index (χ3v) is 15.3. The van der Waals surface area contributed by atoms with Crippen molar-refractivity contribution in [2.45, 2.75) is 116 Å². The fourth-order valence-corrected chi connectivity index (χ4v) is 11.9. The molecule has 0 bridgehead atoms. The van der Waals surface area contributed by atoms with E-state index in [0.717, 1.165) is 50.9 Å². The van der Waals surface area contributed by atoms with E-state index in [1.54, 1.807) is 68.9 Å². The number of pyridine rings is 3. The molecule has 0 saturated carbocycles. The van der Waals surface area contributed by atoms with Gasteiger partial charge in [0.2, 0.25) is 0 Å². The Labute approximate surface area is 497 Å². The summed E-state index contributed by atoms with van der Waals surface area (Å²) in [4.78, 5) is 110. The Kier molecular flexibility index (Phi) is 18.3. The number of piperidine rings is 3. The Bertz CT molecular complexity index is 3760. The summed E-state index contributed by atoms with van der Waals surface area (Å²) in [6.07, 6.45) is 6.51. The van der Waals surface area contributed by atoms with Crippen LogP contribution in [-0.2, 0) is 21.7 Å². The molecule has 3 spiro atoms. The number of nitrogens with two attached hydrogens (primary N) is 3. The topological polar surface area (TPSA) is 391 Å². The standard InChI is InChI=1S/C18H20N8O2.C18H26N4O4.C13H18N4O2.C5H3ClN4.C2H6/c1-10-6-12(23-15-11(7-19)14(20)21-9-22-15)17(28)26-13(10)16(27)24-18(26)4-3-5-25(2)8-18;1-11-9-12(19-16(25)26-17(2,3)4)15(24)22-13(11)14(23)20-18(22)7-6-8-21(5)10-18;1-8-6-9(14)12(19)17-10(8)11(18)15-13(17)4-3-5-16(2)7-13;6-4-3(1-7)5(8)10-2-9-4;1-2/h6,9H,3-5,8H2,1-2H3,(H,24,27)(H3,20,21,22,23);9H,6-8,10H2,1-5H3,(H,19,25)(H,20,23);6H,3-5,7,14H2,1-2H3,(H,15,18);2H,(H2,8,9,10);1-2H3/t2*18-;13-;;/m111../s1/i;;;;1D. The molecule has 3 fully saturated rings. The number of amides is 4. The van der Waals surface area contributed by atoms with Gasteiger partial charge in [0.25, 0.3) is 34.4 Å². The highest BCUT2D eigenvalue weighted by atomic mass is 35.5. The lowest BCUT2D eigenvalue weighted by Crippen LogP contribution is -2.57. The lowest BCUT2D eigenvalue weighted by atomic mass is 9.98. The van der Waals surface area contributed by atoms with Gasteiger partial charge in [0, 0.05) is 21.0 Å². The van der Waals surface area contributed by atoms with Crippen molar-refractivity contribution in [2.24, 2.45) is 0 Å². The van der Waals surface area contributed by atoms with Crippen LogP contribution in [0.2, 0.25) is 5.15 Å². The number of carbonyl (C=O) groups excluding carboxylic acids is 4. The molecule has 0 aromatic carbocycles. The van der Waals surface area contributed by atoms with Crippen LogP contribution in [0.3, 0.4) is 0 Å². The fraction of sp³-hybridized carbons (Fsp3) is 0.482. The van der Waals surface area contributed by atoms with Gasteiger partial charge < -0.3 is 57.9 Å². The maximum atomic E-state index is 13.4. The summed E-state index contributed by atoms with van der Waals surface area (Å²) in [6, 6.07) is 8.44. The predicted molar refractivity (Wildman–Crippen MR) is 319 cm³/mol. The SMILES string of the molecule is Cc1cc(N)c(=O)n2c1C(=O)N[C@]21CCCN(C)C1.Cc1cc(NC(=O)OC(C)(C)C)c(=O)n2c1C(=O)N[C@]21CCCN(C)C1.Cc1cc(Nc2ncnc(N)c2C#N)c(=O)n2c1C(=O)N[C@]21CCCN(C)C1.N#Cc1c(N)ncnc1Cl.[2H]CC. The van der Waals surface area contributed by atoms with E-state index >= 15 is 0 Å². The molecule has 0 radical (unpaired) electrons. The van der Waals surface area contributed by atoms with Gasteiger partial charge in [-0.3, -0.25) is 47.8 Å². The average molecular weight is 1190 g/mol. The molecule has 29 heteroatoms. The van der Waals surface area contributed by atoms with Crippen LogP contribution in [0.25, 0.3) is 0 Å². The number of halogens is 1. The smallest absolute Gasteiger partial charge is 0.412 e. The molecule has 452 valence electrons. The first-order chi connectivity index (χ1) is 40.5. The lowest BCUT2D eigenvalue weighted by Gasteiger charge is -2.39. The minimum atomic E-state index is -0.776. The summed E-state index contributed by atoms with van der Waals surface area (Å²) in [5.74, 6) is -0.383. The molecule has 5 aromatic rings. The number of nitrogens with one attached hydrogen (secondary N) is 5. The minimum Gasteiger partial charge on any atom is -0.444 e. The van der Waals surface area contributed by atoms with E-state index in [0.29, 0.717) is 67.6 Å². The van der Waals surface area contributed by atoms with E-state index < -0.39 is 34.2 Å². The number of anilines is 6. The highest BCUT2D eigenvalue weighted by Gasteiger charge is 2.49. The number of likely N-dealkylation sites (tertiary alicyclic amines) is 3. The number of fused-ring (bicyclic) bond motifs is 6. The van der Waals surface area contributed by atoms with Gasteiger partial charge in [-0.15, -0.1) is 0 Å². The quantitative estimate of drug-likeness (QED) is 0.120. The molecular weight excluding hydrogens is 1120 g/mol. The van der Waals surface area contributed by atoms with Gasteiger partial charge in [0.15, 0.2) is 11.0 Å². The molecule has 3 atom stereocenters. The zero-order valence-corrected chi connectivity index (χ0v) is 50.1. The molecule has 5 aromatic heterocycles. The van der Waals surface area contributed by atoms with Gasteiger partial charge in [-0.2, -0.15) is 10.5 Å². The summed E-state index contributed by atoms with van der Waals surface area (Å²) in [7, 11) is 5.93. The number of hydrogen-bond acceptors (Lipinski definition) is 21. The van der Waals surface area contributed by atoms with Gasteiger partial charge >= 0.3 is 6.09 Å². The van der Waals surface area contributed by atoms with Crippen molar-refractivity contribution in [3.05, 3.63) is 112 Å². The molecule has 11 N–H and O–H groups in total. The number of likely N-dealkylation sites (N-methyl/N-ethyl adjacent to an activating group) is 3. The van der Waals surface area contributed by atoms with Crippen molar-refractivity contribution in [2.75, 3.05) is 88.2 Å². The molecule has 3 saturated heterocycles. The minimum absolute atomic E-state index is 0.0280. The first kappa shape index (κ1) is 62.1. The molecule has 11 rings (SSSR count). The monoisotopic (exact) mass is 1190 g/mol. The predicted octanol–water partition coefficient (Wildman–Crippen LogP) is 3.36. The van der Waals surface area contributed by atoms with Crippen molar-refractivity contribution in [1.82, 2.24) is 64.3 Å². The number of ether oxygens (including phenoxy) is 1. The maximum Gasteiger partial charge on any atom is 0.412 e. The number of nitrogens with zero attached hydrogens (tertiary/aromatic N) is 12. The van der Waals surface area contributed by atoms with Crippen LogP contribution >= 0.6 is 11.6 Å². The molecule has 0 unspecified atom stereocenters. The zero-order valence-electron chi connectivity index (χ0n) is 50.3. The highest BCUT2D eigenvalue weighted by molar-refractivity contribution is 6.30. The van der Waals surface area contributed by atoms with Crippen LogP contribution in [0.4, 0.5) is 39.3 Å². The Balaban J connectivity index is 0.000000169. The summed E-state index contributed by atoms with van der Waals surface area (Å²) in [5, 5.41) is 32.3. The van der Waals surface area contributed by atoms with Crippen LogP contribution in [0.1, 0.15) is 134 Å². The molecule has 85 heavy (non-hydrogen) atoms. The van der Waals surface area contributed by atoms with Gasteiger partial charge in [0.1, 0.15) is 98.6 Å². The molecule has 28 nitrogen and oxygen atoms in total. The van der Waals surface area contributed by atoms with Crippen LogP contribution in [-0.4, -0.2) is 138 Å². The van der Waals surface area contributed by atoms with Crippen LogP contribution < -0.4 is 60.5 Å². The van der Waals surface area contributed by atoms with Crippen molar-refractivity contribution in [3.63, 3.8) is 0 Å². The van der Waals surface area contributed by atoms with E-state index in [1.165, 1.54) is 23.3 Å². The first-order valence-electron chi connectivity index (χ1n) is 28.0. The Morgan fingerprint density at radius 1 is 0.659 bits per heavy atom. The summed E-state index contributed by atoms with van der Waals surface area (Å²) < 4.78 is 16.1. The second kappa shape index (κ2) is 25.1. The van der Waals surface area contributed by atoms with Crippen molar-refractivity contribution >= 4 is 69.9 Å². The molecule has 4 amide bonds. The number of carbonyl (C=O) groups is 4. The maximum absolute atomic E-state index is 13.4. The number of nitriles is 2. The van der Waals surface area contributed by atoms with Crippen LogP contribution in [0, 0.1) is 43.4 Å². The van der Waals surface area contributed by atoms with Gasteiger partial charge in [0.05, 0.1) is 5.69 Å². The third-order valence-electron chi connectivity index (χ3n) is 15.0. The lowest BCUT2D eigenvalue weighted by molar-refractivity contribution is 0.0631. The first-order valence-corrected chi connectivity index (χ1v) is 27.7. The third kappa shape index (κ3) is 12.8. The molecule has 11 heterocycles. The number of hydrogen-bond donors (Lipinski definition) is 8. The average Bonchev–Trinajstić information content (AvgIpc) is 1.64. The summed E-state index contributed by atoms with van der Waals surface area (Å²) in [6.45, 7) is 17.4. The molecule has 6 aliphatic heterocycles. The Hall–Kier alpha value is -8.96.